The Bertz CT molecular complexity index is 575. The van der Waals surface area contributed by atoms with Crippen LogP contribution < -0.4 is 0 Å². The third-order valence-corrected chi connectivity index (χ3v) is 4.13. The van der Waals surface area contributed by atoms with Crippen molar-refractivity contribution in [3.8, 4) is 0 Å². The van der Waals surface area contributed by atoms with Gasteiger partial charge in [-0.2, -0.15) is 0 Å². The third kappa shape index (κ3) is 2.08. The third-order valence-electron chi connectivity index (χ3n) is 4.13. The molecule has 1 fully saturated rings. The van der Waals surface area contributed by atoms with Crippen LogP contribution >= 0.6 is 0 Å². The molecule has 0 saturated carbocycles. The maximum atomic E-state index is 12.5. The summed E-state index contributed by atoms with van der Waals surface area (Å²) < 4.78 is 5.59. The number of carbonyl (C=O) groups excluding carboxylic acids is 1. The van der Waals surface area contributed by atoms with Crippen molar-refractivity contribution in [3.05, 3.63) is 34.9 Å². The normalized spacial score (nSPS) is 24.8. The van der Waals surface area contributed by atoms with Crippen LogP contribution in [0.3, 0.4) is 0 Å². The van der Waals surface area contributed by atoms with Gasteiger partial charge in [-0.3, -0.25) is 4.79 Å². The van der Waals surface area contributed by atoms with E-state index in [1.165, 1.54) is 0 Å². The van der Waals surface area contributed by atoms with Crippen LogP contribution in [0.4, 0.5) is 0 Å². The number of carboxylic acid groups (broad SMARTS) is 1. The van der Waals surface area contributed by atoms with Crippen LogP contribution in [-0.4, -0.2) is 34.1 Å². The second-order valence-corrected chi connectivity index (χ2v) is 5.63. The van der Waals surface area contributed by atoms with Gasteiger partial charge in [0.2, 0.25) is 0 Å². The number of rotatable bonds is 2. The standard InChI is InChI=1S/C15H17NO4/c1-15(5-2-6-20-15)14(19)16-8-11-4-3-10(13(17)18)7-12(11)9-16/h3-4,7H,2,5-6,8-9H2,1H3,(H,17,18). The van der Waals surface area contributed by atoms with Gasteiger partial charge in [0, 0.05) is 19.7 Å². The monoisotopic (exact) mass is 275 g/mol. The van der Waals surface area contributed by atoms with E-state index >= 15 is 0 Å². The van der Waals surface area contributed by atoms with Crippen molar-refractivity contribution in [2.75, 3.05) is 6.61 Å². The van der Waals surface area contributed by atoms with Crippen molar-refractivity contribution in [3.63, 3.8) is 0 Å². The molecule has 0 aromatic heterocycles. The van der Waals surface area contributed by atoms with Gasteiger partial charge in [-0.1, -0.05) is 6.07 Å². The zero-order valence-corrected chi connectivity index (χ0v) is 11.4. The molecule has 0 radical (unpaired) electrons. The zero-order chi connectivity index (χ0) is 14.3. The van der Waals surface area contributed by atoms with Crippen molar-refractivity contribution < 1.29 is 19.4 Å². The molecule has 5 heteroatoms. The second-order valence-electron chi connectivity index (χ2n) is 5.63. The molecular formula is C15H17NO4. The molecular weight excluding hydrogens is 258 g/mol. The fourth-order valence-corrected chi connectivity index (χ4v) is 2.95. The summed E-state index contributed by atoms with van der Waals surface area (Å²) in [6.07, 6.45) is 1.66. The minimum Gasteiger partial charge on any atom is -0.478 e. The number of benzene rings is 1. The highest BCUT2D eigenvalue weighted by Crippen LogP contribution is 2.32. The van der Waals surface area contributed by atoms with Gasteiger partial charge < -0.3 is 14.7 Å². The lowest BCUT2D eigenvalue weighted by atomic mass is 10.0. The molecule has 0 bridgehead atoms. The Kier molecular flexibility index (Phi) is 3.01. The van der Waals surface area contributed by atoms with E-state index in [4.69, 9.17) is 9.84 Å². The van der Waals surface area contributed by atoms with Crippen molar-refractivity contribution in [1.82, 2.24) is 4.90 Å². The van der Waals surface area contributed by atoms with Crippen LogP contribution in [0.5, 0.6) is 0 Å². The highest BCUT2D eigenvalue weighted by molar-refractivity contribution is 5.88. The highest BCUT2D eigenvalue weighted by Gasteiger charge is 2.42. The summed E-state index contributed by atoms with van der Waals surface area (Å²) >= 11 is 0. The van der Waals surface area contributed by atoms with Crippen molar-refractivity contribution in [2.45, 2.75) is 38.5 Å². The molecule has 5 nitrogen and oxygen atoms in total. The van der Waals surface area contributed by atoms with E-state index in [1.807, 2.05) is 6.92 Å². The maximum Gasteiger partial charge on any atom is 0.335 e. The SMILES string of the molecule is CC1(C(=O)N2Cc3ccc(C(=O)O)cc3C2)CCCO1. The molecule has 1 N–H and O–H groups in total. The summed E-state index contributed by atoms with van der Waals surface area (Å²) in [6, 6.07) is 5.04. The first-order valence-electron chi connectivity index (χ1n) is 6.78. The van der Waals surface area contributed by atoms with Gasteiger partial charge >= 0.3 is 5.97 Å². The predicted molar refractivity (Wildman–Crippen MR) is 71.2 cm³/mol. The molecule has 1 unspecified atom stereocenters. The molecule has 1 aromatic carbocycles. The molecule has 1 aromatic rings. The van der Waals surface area contributed by atoms with Crippen molar-refractivity contribution >= 4 is 11.9 Å². The van der Waals surface area contributed by atoms with E-state index in [2.05, 4.69) is 0 Å². The van der Waals surface area contributed by atoms with Crippen LogP contribution in [0.2, 0.25) is 0 Å². The Hall–Kier alpha value is -1.88. The molecule has 1 atom stereocenters. The summed E-state index contributed by atoms with van der Waals surface area (Å²) in [5.41, 5.74) is 1.49. The molecule has 3 rings (SSSR count). The number of carboxylic acids is 1. The molecule has 2 aliphatic heterocycles. The largest absolute Gasteiger partial charge is 0.478 e. The van der Waals surface area contributed by atoms with Gasteiger partial charge in [-0.25, -0.2) is 4.79 Å². The Morgan fingerprint density at radius 1 is 1.30 bits per heavy atom. The van der Waals surface area contributed by atoms with Crippen molar-refractivity contribution in [2.24, 2.45) is 0 Å². The maximum absolute atomic E-state index is 12.5. The fraction of sp³-hybridized carbons (Fsp3) is 0.467. The summed E-state index contributed by atoms with van der Waals surface area (Å²) in [6.45, 7) is 3.47. The van der Waals surface area contributed by atoms with Crippen LogP contribution in [0, 0.1) is 0 Å². The van der Waals surface area contributed by atoms with E-state index < -0.39 is 11.6 Å². The van der Waals surface area contributed by atoms with Gasteiger partial charge in [0.15, 0.2) is 0 Å². The van der Waals surface area contributed by atoms with Gasteiger partial charge in [-0.05, 0) is 43.0 Å². The summed E-state index contributed by atoms with van der Waals surface area (Å²) in [5.74, 6) is -0.938. The van der Waals surface area contributed by atoms with Crippen LogP contribution in [0.25, 0.3) is 0 Å². The molecule has 0 aliphatic carbocycles. The smallest absolute Gasteiger partial charge is 0.335 e. The molecule has 2 heterocycles. The molecule has 0 spiro atoms. The fourth-order valence-electron chi connectivity index (χ4n) is 2.95. The molecule has 1 amide bonds. The van der Waals surface area contributed by atoms with Crippen LogP contribution in [0.15, 0.2) is 18.2 Å². The average molecular weight is 275 g/mol. The second kappa shape index (κ2) is 4.59. The first-order valence-corrected chi connectivity index (χ1v) is 6.78. The summed E-state index contributed by atoms with van der Waals surface area (Å²) in [5, 5.41) is 9.00. The van der Waals surface area contributed by atoms with Gasteiger partial charge in [0.05, 0.1) is 5.56 Å². The van der Waals surface area contributed by atoms with E-state index in [1.54, 1.807) is 23.1 Å². The quantitative estimate of drug-likeness (QED) is 0.893. The minimum atomic E-state index is -0.941. The zero-order valence-electron chi connectivity index (χ0n) is 11.4. The van der Waals surface area contributed by atoms with Gasteiger partial charge in [-0.15, -0.1) is 0 Å². The topological polar surface area (TPSA) is 66.8 Å². The molecule has 20 heavy (non-hydrogen) atoms. The molecule has 1 saturated heterocycles. The number of carbonyl (C=O) groups is 2. The Morgan fingerprint density at radius 2 is 2.05 bits per heavy atom. The van der Waals surface area contributed by atoms with Crippen LogP contribution in [0.1, 0.15) is 41.3 Å². The Balaban J connectivity index is 1.80. The number of amides is 1. The number of hydrogen-bond donors (Lipinski definition) is 1. The van der Waals surface area contributed by atoms with E-state index in [9.17, 15) is 9.59 Å². The number of fused-ring (bicyclic) bond motifs is 1. The first-order chi connectivity index (χ1) is 9.49. The number of aromatic carboxylic acids is 1. The molecule has 106 valence electrons. The number of nitrogens with zero attached hydrogens (tertiary/aromatic N) is 1. The average Bonchev–Trinajstić information content (AvgIpc) is 3.03. The Labute approximate surface area is 117 Å². The van der Waals surface area contributed by atoms with E-state index in [0.29, 0.717) is 19.7 Å². The van der Waals surface area contributed by atoms with Crippen molar-refractivity contribution in [1.29, 1.82) is 0 Å². The predicted octanol–water partition coefficient (Wildman–Crippen LogP) is 1.80. The van der Waals surface area contributed by atoms with E-state index in [0.717, 1.165) is 24.0 Å². The number of ether oxygens (including phenoxy) is 1. The Morgan fingerprint density at radius 3 is 2.70 bits per heavy atom. The van der Waals surface area contributed by atoms with Gasteiger partial charge in [0.25, 0.3) is 5.91 Å². The summed E-state index contributed by atoms with van der Waals surface area (Å²) in [7, 11) is 0. The molecule has 2 aliphatic rings. The first kappa shape index (κ1) is 13.1. The van der Waals surface area contributed by atoms with Gasteiger partial charge in [0.1, 0.15) is 5.60 Å². The number of hydrogen-bond acceptors (Lipinski definition) is 3. The highest BCUT2D eigenvalue weighted by atomic mass is 16.5. The van der Waals surface area contributed by atoms with Crippen LogP contribution in [-0.2, 0) is 22.6 Å². The lowest BCUT2D eigenvalue weighted by Gasteiger charge is -2.27. The minimum absolute atomic E-state index is 0.00285. The summed E-state index contributed by atoms with van der Waals surface area (Å²) in [4.78, 5) is 25.3. The lowest BCUT2D eigenvalue weighted by molar-refractivity contribution is -0.151. The van der Waals surface area contributed by atoms with E-state index in [-0.39, 0.29) is 11.5 Å². The lowest BCUT2D eigenvalue weighted by Crippen LogP contribution is -2.44.